The molecule has 124 valence electrons. The van der Waals surface area contributed by atoms with Gasteiger partial charge >= 0.3 is 12.1 Å². The highest BCUT2D eigenvalue weighted by atomic mass is 32.2. The van der Waals surface area contributed by atoms with Crippen molar-refractivity contribution in [3.05, 3.63) is 17.5 Å². The van der Waals surface area contributed by atoms with Crippen LogP contribution in [0.4, 0.5) is 13.2 Å². The zero-order valence-corrected chi connectivity index (χ0v) is 12.4. The van der Waals surface area contributed by atoms with Gasteiger partial charge in [0.25, 0.3) is 0 Å². The topological polar surface area (TPSA) is 92.5 Å². The van der Waals surface area contributed by atoms with E-state index in [2.05, 4.69) is 5.10 Å². The predicted molar refractivity (Wildman–Crippen MR) is 68.7 cm³/mol. The largest absolute Gasteiger partial charge is 0.480 e. The molecule has 7 nitrogen and oxygen atoms in total. The molecule has 0 spiro atoms. The number of carbonyl (C=O) groups is 1. The fraction of sp³-hybridized carbons (Fsp3) is 0.636. The molecule has 1 N–H and O–H groups in total. The number of rotatable bonds is 3. The van der Waals surface area contributed by atoms with Crippen LogP contribution < -0.4 is 0 Å². The predicted octanol–water partition coefficient (Wildman–Crippen LogP) is 0.123. The summed E-state index contributed by atoms with van der Waals surface area (Å²) in [5.41, 5.74) is -0.903. The van der Waals surface area contributed by atoms with Gasteiger partial charge in [-0.15, -0.1) is 0 Å². The van der Waals surface area contributed by atoms with Gasteiger partial charge in [0.2, 0.25) is 0 Å². The van der Waals surface area contributed by atoms with Gasteiger partial charge in [-0.05, 0) is 6.07 Å². The van der Waals surface area contributed by atoms with E-state index in [4.69, 9.17) is 5.11 Å². The number of sulfone groups is 1. The Balaban J connectivity index is 2.22. The fourth-order valence-corrected chi connectivity index (χ4v) is 3.77. The molecule has 1 atom stereocenters. The molecular formula is C11H14F3N3O4S. The highest BCUT2D eigenvalue weighted by Gasteiger charge is 2.38. The van der Waals surface area contributed by atoms with Crippen LogP contribution in [-0.4, -0.2) is 58.3 Å². The zero-order chi connectivity index (χ0) is 16.7. The Morgan fingerprint density at radius 1 is 1.50 bits per heavy atom. The van der Waals surface area contributed by atoms with E-state index in [1.165, 1.54) is 11.9 Å². The minimum absolute atomic E-state index is 0.0498. The van der Waals surface area contributed by atoms with E-state index in [1.54, 1.807) is 0 Å². The minimum Gasteiger partial charge on any atom is -0.480 e. The quantitative estimate of drug-likeness (QED) is 0.840. The summed E-state index contributed by atoms with van der Waals surface area (Å²) >= 11 is 0. The number of halogens is 3. The maximum Gasteiger partial charge on any atom is 0.435 e. The molecule has 1 aliphatic heterocycles. The van der Waals surface area contributed by atoms with Gasteiger partial charge in [0.1, 0.15) is 6.04 Å². The summed E-state index contributed by atoms with van der Waals surface area (Å²) in [6.45, 7) is -0.169. The summed E-state index contributed by atoms with van der Waals surface area (Å²) in [6, 6.07) is -0.440. The average molecular weight is 341 g/mol. The molecule has 0 amide bonds. The van der Waals surface area contributed by atoms with Crippen molar-refractivity contribution in [2.24, 2.45) is 7.05 Å². The van der Waals surface area contributed by atoms with E-state index in [-0.39, 0.29) is 24.5 Å². The lowest BCUT2D eigenvalue weighted by Gasteiger charge is -2.32. The van der Waals surface area contributed by atoms with Crippen molar-refractivity contribution in [1.29, 1.82) is 0 Å². The third-order valence-electron chi connectivity index (χ3n) is 3.46. The summed E-state index contributed by atoms with van der Waals surface area (Å²) in [6.07, 6.45) is -4.59. The van der Waals surface area contributed by atoms with E-state index in [9.17, 15) is 26.4 Å². The molecule has 1 saturated heterocycles. The first-order valence-electron chi connectivity index (χ1n) is 6.27. The smallest absolute Gasteiger partial charge is 0.435 e. The second kappa shape index (κ2) is 5.54. The summed E-state index contributed by atoms with van der Waals surface area (Å²) in [7, 11) is -2.13. The van der Waals surface area contributed by atoms with Gasteiger partial charge in [-0.1, -0.05) is 0 Å². The van der Waals surface area contributed by atoms with Crippen molar-refractivity contribution in [2.75, 3.05) is 18.1 Å². The Hall–Kier alpha value is -1.62. The molecule has 0 aliphatic carbocycles. The molecule has 1 unspecified atom stereocenters. The Morgan fingerprint density at radius 3 is 2.64 bits per heavy atom. The van der Waals surface area contributed by atoms with Gasteiger partial charge in [0.15, 0.2) is 15.5 Å². The lowest BCUT2D eigenvalue weighted by Crippen LogP contribution is -2.52. The average Bonchev–Trinajstić information content (AvgIpc) is 2.72. The number of alkyl halides is 3. The molecule has 0 saturated carbocycles. The van der Waals surface area contributed by atoms with Crippen LogP contribution >= 0.6 is 0 Å². The summed E-state index contributed by atoms with van der Waals surface area (Å²) in [5.74, 6) is -2.09. The molecule has 1 aromatic heterocycles. The highest BCUT2D eigenvalue weighted by Crippen LogP contribution is 2.29. The van der Waals surface area contributed by atoms with Gasteiger partial charge in [0, 0.05) is 20.1 Å². The highest BCUT2D eigenvalue weighted by molar-refractivity contribution is 7.91. The zero-order valence-electron chi connectivity index (χ0n) is 11.5. The Kier molecular flexibility index (Phi) is 4.22. The SMILES string of the molecule is Cn1nc(C(F)(F)F)cc1CN1CCS(=O)(=O)CC1C(=O)O. The normalized spacial score (nSPS) is 22.6. The van der Waals surface area contributed by atoms with E-state index in [0.717, 1.165) is 10.7 Å². The Labute approximate surface area is 124 Å². The second-order valence-electron chi connectivity index (χ2n) is 5.08. The number of aromatic nitrogens is 2. The van der Waals surface area contributed by atoms with Gasteiger partial charge in [-0.25, -0.2) is 8.42 Å². The van der Waals surface area contributed by atoms with Crippen molar-refractivity contribution in [3.8, 4) is 0 Å². The third-order valence-corrected chi connectivity index (χ3v) is 5.09. The van der Waals surface area contributed by atoms with E-state index in [0.29, 0.717) is 0 Å². The van der Waals surface area contributed by atoms with Crippen LogP contribution in [0.5, 0.6) is 0 Å². The fourth-order valence-electron chi connectivity index (χ4n) is 2.26. The maximum atomic E-state index is 12.6. The van der Waals surface area contributed by atoms with Crippen molar-refractivity contribution < 1.29 is 31.5 Å². The van der Waals surface area contributed by atoms with Crippen LogP contribution in [0.15, 0.2) is 6.07 Å². The number of aryl methyl sites for hydroxylation is 1. The summed E-state index contributed by atoms with van der Waals surface area (Å²) < 4.78 is 61.8. The van der Waals surface area contributed by atoms with Gasteiger partial charge in [-0.2, -0.15) is 18.3 Å². The van der Waals surface area contributed by atoms with E-state index >= 15 is 0 Å². The molecule has 2 rings (SSSR count). The van der Waals surface area contributed by atoms with Gasteiger partial charge in [0.05, 0.1) is 17.2 Å². The maximum absolute atomic E-state index is 12.6. The van der Waals surface area contributed by atoms with Crippen LogP contribution in [0.1, 0.15) is 11.4 Å². The van der Waals surface area contributed by atoms with Crippen LogP contribution in [0.3, 0.4) is 0 Å². The molecule has 1 fully saturated rings. The van der Waals surface area contributed by atoms with Crippen LogP contribution in [0, 0.1) is 0 Å². The van der Waals surface area contributed by atoms with Crippen molar-refractivity contribution in [2.45, 2.75) is 18.8 Å². The standard InChI is InChI=1S/C11H14F3N3O4S/c1-16-7(4-9(15-16)11(12,13)14)5-17-2-3-22(20,21)6-8(17)10(18)19/h4,8H,2-3,5-6H2,1H3,(H,18,19). The molecule has 1 aromatic rings. The first kappa shape index (κ1) is 16.7. The van der Waals surface area contributed by atoms with Gasteiger partial charge in [-0.3, -0.25) is 14.4 Å². The van der Waals surface area contributed by atoms with E-state index in [1.807, 2.05) is 0 Å². The summed E-state index contributed by atoms with van der Waals surface area (Å²) in [5, 5.41) is 12.5. The number of carboxylic acids is 1. The second-order valence-corrected chi connectivity index (χ2v) is 7.31. The Bertz CT molecular complexity index is 683. The number of nitrogens with zero attached hydrogens (tertiary/aromatic N) is 3. The first-order valence-corrected chi connectivity index (χ1v) is 8.09. The van der Waals surface area contributed by atoms with Crippen molar-refractivity contribution in [3.63, 3.8) is 0 Å². The van der Waals surface area contributed by atoms with Crippen LogP contribution in [0.25, 0.3) is 0 Å². The number of carboxylic acid groups (broad SMARTS) is 1. The first-order chi connectivity index (χ1) is 9.99. The third kappa shape index (κ3) is 3.58. The molecule has 22 heavy (non-hydrogen) atoms. The van der Waals surface area contributed by atoms with Crippen LogP contribution in [0.2, 0.25) is 0 Å². The molecule has 2 heterocycles. The van der Waals surface area contributed by atoms with Crippen LogP contribution in [-0.2, 0) is 34.4 Å². The Morgan fingerprint density at radius 2 is 2.14 bits per heavy atom. The minimum atomic E-state index is -4.59. The van der Waals surface area contributed by atoms with Crippen molar-refractivity contribution in [1.82, 2.24) is 14.7 Å². The molecule has 1 aliphatic rings. The lowest BCUT2D eigenvalue weighted by atomic mass is 10.2. The summed E-state index contributed by atoms with van der Waals surface area (Å²) in [4.78, 5) is 12.5. The van der Waals surface area contributed by atoms with Gasteiger partial charge < -0.3 is 5.11 Å². The van der Waals surface area contributed by atoms with E-state index < -0.39 is 39.5 Å². The van der Waals surface area contributed by atoms with Crippen molar-refractivity contribution >= 4 is 15.8 Å². The molecule has 0 aromatic carbocycles. The molecule has 0 radical (unpaired) electrons. The monoisotopic (exact) mass is 341 g/mol. The number of hydrogen-bond acceptors (Lipinski definition) is 5. The number of aliphatic carboxylic acids is 1. The number of hydrogen-bond donors (Lipinski definition) is 1. The molecular weight excluding hydrogens is 327 g/mol. The molecule has 0 bridgehead atoms. The lowest BCUT2D eigenvalue weighted by molar-refractivity contribution is -0.143. The molecule has 11 heteroatoms.